The Hall–Kier alpha value is -3.80. The molecule has 1 heterocycles. The van der Waals surface area contributed by atoms with Crippen molar-refractivity contribution in [2.75, 3.05) is 13.7 Å². The van der Waals surface area contributed by atoms with Crippen LogP contribution in [0.5, 0.6) is 11.5 Å². The van der Waals surface area contributed by atoms with Crippen molar-refractivity contribution in [1.29, 1.82) is 0 Å². The van der Waals surface area contributed by atoms with Gasteiger partial charge in [0.25, 0.3) is 5.91 Å². The highest BCUT2D eigenvalue weighted by molar-refractivity contribution is 5.94. The molecule has 6 heteroatoms. The van der Waals surface area contributed by atoms with Crippen molar-refractivity contribution in [2.45, 2.75) is 52.1 Å². The van der Waals surface area contributed by atoms with Gasteiger partial charge in [-0.25, -0.2) is 4.98 Å². The van der Waals surface area contributed by atoms with Crippen LogP contribution in [0, 0.1) is 0 Å². The highest BCUT2D eigenvalue weighted by atomic mass is 16.5. The number of amides is 1. The number of benzene rings is 3. The van der Waals surface area contributed by atoms with Gasteiger partial charge in [0.05, 0.1) is 31.3 Å². The average Bonchev–Trinajstić information content (AvgIpc) is 3.24. The summed E-state index contributed by atoms with van der Waals surface area (Å²) in [5.74, 6) is 2.33. The first kappa shape index (κ1) is 25.3. The molecule has 0 unspecified atom stereocenters. The van der Waals surface area contributed by atoms with E-state index in [4.69, 9.17) is 14.5 Å². The standard InChI is InChI=1S/C30H35N3O3/c1-30(2,3)23-13-17-25(18-14-23)36-20-8-7-19-33-27-10-6-5-9-26(27)32-28(33)21-31-29(34)22-11-15-24(35-4)16-12-22/h5-6,9-18H,7-8,19-21H2,1-4H3,(H,31,34). The molecule has 0 aliphatic rings. The highest BCUT2D eigenvalue weighted by Crippen LogP contribution is 2.24. The second kappa shape index (κ2) is 11.3. The predicted octanol–water partition coefficient (Wildman–Crippen LogP) is 6.13. The Kier molecular flexibility index (Phi) is 7.93. The predicted molar refractivity (Wildman–Crippen MR) is 144 cm³/mol. The van der Waals surface area contributed by atoms with E-state index in [-0.39, 0.29) is 11.3 Å². The molecule has 0 aliphatic heterocycles. The lowest BCUT2D eigenvalue weighted by Gasteiger charge is -2.19. The molecule has 0 spiro atoms. The van der Waals surface area contributed by atoms with Crippen LogP contribution < -0.4 is 14.8 Å². The zero-order valence-electron chi connectivity index (χ0n) is 21.6. The van der Waals surface area contributed by atoms with Crippen LogP contribution in [0.25, 0.3) is 11.0 Å². The molecule has 0 fully saturated rings. The van der Waals surface area contributed by atoms with Crippen molar-refractivity contribution in [3.8, 4) is 11.5 Å². The van der Waals surface area contributed by atoms with E-state index >= 15 is 0 Å². The van der Waals surface area contributed by atoms with Gasteiger partial charge in [0.2, 0.25) is 0 Å². The molecule has 188 valence electrons. The molecule has 0 saturated heterocycles. The van der Waals surface area contributed by atoms with Crippen LogP contribution in [0.2, 0.25) is 0 Å². The number of nitrogens with zero attached hydrogens (tertiary/aromatic N) is 2. The number of nitrogens with one attached hydrogen (secondary N) is 1. The second-order valence-corrected chi connectivity index (χ2v) is 9.91. The number of rotatable bonds is 10. The molecule has 0 saturated carbocycles. The molecule has 3 aromatic carbocycles. The van der Waals surface area contributed by atoms with Crippen molar-refractivity contribution in [1.82, 2.24) is 14.9 Å². The van der Waals surface area contributed by atoms with Gasteiger partial charge in [0.15, 0.2) is 0 Å². The number of ether oxygens (including phenoxy) is 2. The fraction of sp³-hybridized carbons (Fsp3) is 0.333. The van der Waals surface area contributed by atoms with Gasteiger partial charge in [-0.15, -0.1) is 0 Å². The third-order valence-corrected chi connectivity index (χ3v) is 6.26. The molecular weight excluding hydrogens is 450 g/mol. The molecule has 4 rings (SSSR count). The van der Waals surface area contributed by atoms with Crippen molar-refractivity contribution in [3.05, 3.63) is 89.7 Å². The zero-order chi connectivity index (χ0) is 25.5. The van der Waals surface area contributed by atoms with Gasteiger partial charge in [-0.2, -0.15) is 0 Å². The highest BCUT2D eigenvalue weighted by Gasteiger charge is 2.14. The Bertz CT molecular complexity index is 1290. The Balaban J connectivity index is 1.33. The Labute approximate surface area is 213 Å². The van der Waals surface area contributed by atoms with Crippen molar-refractivity contribution in [3.63, 3.8) is 0 Å². The van der Waals surface area contributed by atoms with Gasteiger partial charge in [0, 0.05) is 12.1 Å². The SMILES string of the molecule is COc1ccc(C(=O)NCc2nc3ccccc3n2CCCCOc2ccc(C(C)(C)C)cc2)cc1. The van der Waals surface area contributed by atoms with Gasteiger partial charge in [-0.05, 0) is 72.4 Å². The number of hydrogen-bond donors (Lipinski definition) is 1. The van der Waals surface area contributed by atoms with E-state index in [0.29, 0.717) is 18.7 Å². The lowest BCUT2D eigenvalue weighted by Crippen LogP contribution is -2.24. The largest absolute Gasteiger partial charge is 0.497 e. The Morgan fingerprint density at radius 3 is 2.31 bits per heavy atom. The zero-order valence-corrected chi connectivity index (χ0v) is 21.6. The summed E-state index contributed by atoms with van der Waals surface area (Å²) in [7, 11) is 1.61. The number of fused-ring (bicyclic) bond motifs is 1. The van der Waals surface area contributed by atoms with E-state index in [1.165, 1.54) is 5.56 Å². The van der Waals surface area contributed by atoms with Gasteiger partial charge >= 0.3 is 0 Å². The summed E-state index contributed by atoms with van der Waals surface area (Å²) in [6.45, 7) is 8.45. The number of para-hydroxylation sites is 2. The van der Waals surface area contributed by atoms with Crippen LogP contribution in [0.4, 0.5) is 0 Å². The van der Waals surface area contributed by atoms with Gasteiger partial charge < -0.3 is 19.4 Å². The number of aromatic nitrogens is 2. The first-order chi connectivity index (χ1) is 17.3. The molecule has 36 heavy (non-hydrogen) atoms. The molecule has 4 aromatic rings. The third-order valence-electron chi connectivity index (χ3n) is 6.26. The molecule has 1 aromatic heterocycles. The quantitative estimate of drug-likeness (QED) is 0.274. The first-order valence-electron chi connectivity index (χ1n) is 12.4. The topological polar surface area (TPSA) is 65.4 Å². The Morgan fingerprint density at radius 1 is 0.917 bits per heavy atom. The summed E-state index contributed by atoms with van der Waals surface area (Å²) in [6, 6.07) is 23.5. The summed E-state index contributed by atoms with van der Waals surface area (Å²) in [5, 5.41) is 3.00. The monoisotopic (exact) mass is 485 g/mol. The van der Waals surface area contributed by atoms with Crippen molar-refractivity contribution >= 4 is 16.9 Å². The van der Waals surface area contributed by atoms with Gasteiger partial charge in [-0.3, -0.25) is 4.79 Å². The number of imidazole rings is 1. The van der Waals surface area contributed by atoms with Gasteiger partial charge in [-0.1, -0.05) is 45.0 Å². The van der Waals surface area contributed by atoms with Crippen molar-refractivity contribution < 1.29 is 14.3 Å². The maximum Gasteiger partial charge on any atom is 0.251 e. The van der Waals surface area contributed by atoms with E-state index in [9.17, 15) is 4.79 Å². The lowest BCUT2D eigenvalue weighted by atomic mass is 9.87. The summed E-state index contributed by atoms with van der Waals surface area (Å²) in [4.78, 5) is 17.4. The minimum atomic E-state index is -0.137. The molecule has 1 amide bonds. The Morgan fingerprint density at radius 2 is 1.61 bits per heavy atom. The molecule has 1 N–H and O–H groups in total. The second-order valence-electron chi connectivity index (χ2n) is 9.91. The third kappa shape index (κ3) is 6.25. The van der Waals surface area contributed by atoms with Crippen LogP contribution >= 0.6 is 0 Å². The van der Waals surface area contributed by atoms with Crippen LogP contribution in [0.1, 0.15) is 55.4 Å². The summed E-state index contributed by atoms with van der Waals surface area (Å²) >= 11 is 0. The lowest BCUT2D eigenvalue weighted by molar-refractivity contribution is 0.0949. The molecule has 0 aliphatic carbocycles. The van der Waals surface area contributed by atoms with E-state index in [0.717, 1.165) is 47.7 Å². The first-order valence-corrected chi connectivity index (χ1v) is 12.4. The molecule has 6 nitrogen and oxygen atoms in total. The number of hydrogen-bond acceptors (Lipinski definition) is 4. The number of carbonyl (C=O) groups is 1. The van der Waals surface area contributed by atoms with Crippen LogP contribution in [0.15, 0.2) is 72.8 Å². The maximum absolute atomic E-state index is 12.6. The average molecular weight is 486 g/mol. The fourth-order valence-corrected chi connectivity index (χ4v) is 4.13. The molecular formula is C30H35N3O3. The number of methoxy groups -OCH3 is 1. The minimum absolute atomic E-state index is 0.137. The van der Waals surface area contributed by atoms with Crippen LogP contribution in [-0.4, -0.2) is 29.2 Å². The number of unbranched alkanes of at least 4 members (excludes halogenated alkanes) is 1. The molecule has 0 atom stereocenters. The van der Waals surface area contributed by atoms with Crippen molar-refractivity contribution in [2.24, 2.45) is 0 Å². The molecule has 0 radical (unpaired) electrons. The summed E-state index contributed by atoms with van der Waals surface area (Å²) in [6.07, 6.45) is 1.87. The van der Waals surface area contributed by atoms with E-state index in [1.54, 1.807) is 31.4 Å². The normalized spacial score (nSPS) is 11.4. The fourth-order valence-electron chi connectivity index (χ4n) is 4.13. The number of aryl methyl sites for hydroxylation is 1. The van der Waals surface area contributed by atoms with E-state index in [1.807, 2.05) is 30.3 Å². The maximum atomic E-state index is 12.6. The number of carbonyl (C=O) groups excluding carboxylic acids is 1. The van der Waals surface area contributed by atoms with Gasteiger partial charge in [0.1, 0.15) is 17.3 Å². The van der Waals surface area contributed by atoms with Crippen LogP contribution in [0.3, 0.4) is 0 Å². The van der Waals surface area contributed by atoms with E-state index in [2.05, 4.69) is 48.9 Å². The van der Waals surface area contributed by atoms with Crippen LogP contribution in [-0.2, 0) is 18.5 Å². The summed E-state index contributed by atoms with van der Waals surface area (Å²) < 4.78 is 13.3. The molecule has 0 bridgehead atoms. The minimum Gasteiger partial charge on any atom is -0.497 e. The van der Waals surface area contributed by atoms with E-state index < -0.39 is 0 Å². The summed E-state index contributed by atoms with van der Waals surface area (Å²) in [5.41, 5.74) is 4.03. The smallest absolute Gasteiger partial charge is 0.251 e.